The zero-order chi connectivity index (χ0) is 23.7. The molecule has 2 heterocycles. The summed E-state index contributed by atoms with van der Waals surface area (Å²) in [7, 11) is 3.20. The molecule has 1 aliphatic rings. The average Bonchev–Trinajstić information content (AvgIpc) is 3.35. The number of anilines is 2. The fourth-order valence-electron chi connectivity index (χ4n) is 4.22. The smallest absolute Gasteiger partial charge is 0.253 e. The summed E-state index contributed by atoms with van der Waals surface area (Å²) in [4.78, 5) is 32.8. The van der Waals surface area contributed by atoms with E-state index in [2.05, 4.69) is 5.32 Å². The lowest BCUT2D eigenvalue weighted by molar-refractivity contribution is -0.124. The molecule has 8 nitrogen and oxygen atoms in total. The number of imidazole rings is 1. The molecule has 1 aliphatic heterocycles. The molecule has 4 aromatic rings. The van der Waals surface area contributed by atoms with Crippen LogP contribution in [0.15, 0.2) is 72.8 Å². The van der Waals surface area contributed by atoms with Crippen LogP contribution >= 0.6 is 0 Å². The lowest BCUT2D eigenvalue weighted by Gasteiger charge is -2.16. The van der Waals surface area contributed by atoms with Crippen LogP contribution in [0.1, 0.15) is 18.0 Å². The third-order valence-electron chi connectivity index (χ3n) is 5.93. The van der Waals surface area contributed by atoms with E-state index < -0.39 is 6.04 Å². The molecule has 8 heteroatoms. The molecule has 0 unspecified atom stereocenters. The first kappa shape index (κ1) is 21.5. The highest BCUT2D eigenvalue weighted by molar-refractivity contribution is 6.05. The van der Waals surface area contributed by atoms with Crippen LogP contribution in [0.5, 0.6) is 11.5 Å². The highest BCUT2D eigenvalue weighted by Gasteiger charge is 2.40. The molecular weight excluding hydrogens is 432 g/mol. The van der Waals surface area contributed by atoms with Crippen molar-refractivity contribution in [1.29, 1.82) is 0 Å². The second-order valence-corrected chi connectivity index (χ2v) is 8.04. The van der Waals surface area contributed by atoms with E-state index in [9.17, 15) is 9.59 Å². The number of nitrogens with one attached hydrogen (secondary N) is 1. The van der Waals surface area contributed by atoms with Gasteiger partial charge in [-0.1, -0.05) is 24.3 Å². The van der Waals surface area contributed by atoms with Gasteiger partial charge in [0.1, 0.15) is 17.5 Å². The first-order chi connectivity index (χ1) is 16.6. The number of hydrogen-bond donors (Lipinski definition) is 1. The second-order valence-electron chi connectivity index (χ2n) is 8.04. The Kier molecular flexibility index (Phi) is 5.63. The zero-order valence-electron chi connectivity index (χ0n) is 18.9. The number of para-hydroxylation sites is 2. The Morgan fingerprint density at radius 1 is 0.941 bits per heavy atom. The minimum absolute atomic E-state index is 0.00265. The van der Waals surface area contributed by atoms with Crippen molar-refractivity contribution in [2.24, 2.45) is 0 Å². The molecule has 0 radical (unpaired) electrons. The summed E-state index contributed by atoms with van der Waals surface area (Å²) in [5.41, 5.74) is 3.19. The third kappa shape index (κ3) is 3.94. The molecule has 172 valence electrons. The van der Waals surface area contributed by atoms with E-state index in [0.717, 1.165) is 22.3 Å². The molecule has 0 saturated heterocycles. The minimum atomic E-state index is -0.682. The molecule has 0 saturated carbocycles. The van der Waals surface area contributed by atoms with Gasteiger partial charge in [0.05, 0.1) is 38.2 Å². The van der Waals surface area contributed by atoms with E-state index >= 15 is 0 Å². The normalized spacial score (nSPS) is 14.8. The van der Waals surface area contributed by atoms with Gasteiger partial charge in [-0.2, -0.15) is 0 Å². The summed E-state index contributed by atoms with van der Waals surface area (Å²) >= 11 is 0. The fraction of sp³-hybridized carbons (Fsp3) is 0.192. The second kappa shape index (κ2) is 8.90. The van der Waals surface area contributed by atoms with Crippen molar-refractivity contribution in [3.05, 3.63) is 78.4 Å². The number of hydrogen-bond acceptors (Lipinski definition) is 5. The van der Waals surface area contributed by atoms with Crippen LogP contribution in [0.2, 0.25) is 0 Å². The standard InChI is InChI=1S/C26H24N4O4/c1-33-19-11-7-17(8-12-19)16-29-25(32)23(30-22-6-4-3-5-21(22)28-26(29)30)15-24(31)27-18-9-13-20(34-2)14-10-18/h3-14,23H,15-16H2,1-2H3,(H,27,31)/t23-/m0/s1. The van der Waals surface area contributed by atoms with Crippen LogP contribution < -0.4 is 19.7 Å². The summed E-state index contributed by atoms with van der Waals surface area (Å²) in [6, 6.07) is 21.6. The molecule has 0 aliphatic carbocycles. The van der Waals surface area contributed by atoms with Gasteiger partial charge < -0.3 is 14.8 Å². The van der Waals surface area contributed by atoms with Crippen LogP contribution in [-0.4, -0.2) is 35.6 Å². The quantitative estimate of drug-likeness (QED) is 0.451. The Morgan fingerprint density at radius 2 is 1.59 bits per heavy atom. The number of nitrogens with zero attached hydrogens (tertiary/aromatic N) is 3. The molecule has 0 spiro atoms. The predicted octanol–water partition coefficient (Wildman–Crippen LogP) is 4.17. The van der Waals surface area contributed by atoms with E-state index in [0.29, 0.717) is 23.9 Å². The van der Waals surface area contributed by atoms with Crippen LogP contribution in [0, 0.1) is 0 Å². The Balaban J connectivity index is 1.42. The van der Waals surface area contributed by atoms with Gasteiger partial charge >= 0.3 is 0 Å². The third-order valence-corrected chi connectivity index (χ3v) is 5.93. The van der Waals surface area contributed by atoms with Crippen LogP contribution in [0.3, 0.4) is 0 Å². The van der Waals surface area contributed by atoms with Gasteiger partial charge in [-0.25, -0.2) is 4.98 Å². The molecule has 1 atom stereocenters. The number of rotatable bonds is 7. The lowest BCUT2D eigenvalue weighted by atomic mass is 10.1. The largest absolute Gasteiger partial charge is 0.497 e. The van der Waals surface area contributed by atoms with Gasteiger partial charge in [-0.3, -0.25) is 19.1 Å². The minimum Gasteiger partial charge on any atom is -0.497 e. The molecule has 0 bridgehead atoms. The number of methoxy groups -OCH3 is 2. The monoisotopic (exact) mass is 456 g/mol. The maximum atomic E-state index is 13.5. The number of carbonyl (C=O) groups is 2. The van der Waals surface area contributed by atoms with Crippen molar-refractivity contribution >= 4 is 34.5 Å². The van der Waals surface area contributed by atoms with Gasteiger partial charge in [-0.05, 0) is 54.1 Å². The zero-order valence-corrected chi connectivity index (χ0v) is 18.9. The van der Waals surface area contributed by atoms with Crippen molar-refractivity contribution in [3.8, 4) is 11.5 Å². The Bertz CT molecular complexity index is 1350. The number of benzene rings is 3. The summed E-state index contributed by atoms with van der Waals surface area (Å²) in [6.45, 7) is 0.350. The van der Waals surface area contributed by atoms with Gasteiger partial charge in [0.15, 0.2) is 0 Å². The van der Waals surface area contributed by atoms with Crippen molar-refractivity contribution in [2.45, 2.75) is 19.0 Å². The number of aromatic nitrogens is 2. The number of carbonyl (C=O) groups excluding carboxylic acids is 2. The molecule has 5 rings (SSSR count). The molecule has 2 amide bonds. The maximum absolute atomic E-state index is 13.5. The predicted molar refractivity (Wildman–Crippen MR) is 129 cm³/mol. The van der Waals surface area contributed by atoms with E-state index in [1.807, 2.05) is 53.1 Å². The average molecular weight is 457 g/mol. The first-order valence-corrected chi connectivity index (χ1v) is 10.9. The van der Waals surface area contributed by atoms with Gasteiger partial charge in [0, 0.05) is 5.69 Å². The maximum Gasteiger partial charge on any atom is 0.253 e. The number of amides is 2. The van der Waals surface area contributed by atoms with E-state index in [1.54, 1.807) is 43.4 Å². The van der Waals surface area contributed by atoms with Crippen LogP contribution in [0.25, 0.3) is 11.0 Å². The molecular formula is C26H24N4O4. The number of fused-ring (bicyclic) bond motifs is 3. The first-order valence-electron chi connectivity index (χ1n) is 10.9. The van der Waals surface area contributed by atoms with Crippen LogP contribution in [0.4, 0.5) is 11.6 Å². The van der Waals surface area contributed by atoms with Crippen molar-refractivity contribution in [2.75, 3.05) is 24.4 Å². The van der Waals surface area contributed by atoms with E-state index in [-0.39, 0.29) is 18.2 Å². The summed E-state index contributed by atoms with van der Waals surface area (Å²) in [6.07, 6.45) is -0.00265. The fourth-order valence-corrected chi connectivity index (χ4v) is 4.22. The Morgan fingerprint density at radius 3 is 2.26 bits per heavy atom. The van der Waals surface area contributed by atoms with Gasteiger partial charge in [0.2, 0.25) is 11.9 Å². The SMILES string of the molecule is COc1ccc(CN2C(=O)[C@H](CC(=O)Nc3ccc(OC)cc3)n3c2nc2ccccc23)cc1. The highest BCUT2D eigenvalue weighted by Crippen LogP contribution is 2.37. The van der Waals surface area contributed by atoms with Crippen molar-refractivity contribution in [1.82, 2.24) is 9.55 Å². The Labute approximate surface area is 196 Å². The molecule has 0 fully saturated rings. The summed E-state index contributed by atoms with van der Waals surface area (Å²) in [5.74, 6) is 1.58. The van der Waals surface area contributed by atoms with E-state index in [1.165, 1.54) is 0 Å². The molecule has 3 aromatic carbocycles. The molecule has 34 heavy (non-hydrogen) atoms. The van der Waals surface area contributed by atoms with Gasteiger partial charge in [0.25, 0.3) is 5.91 Å². The summed E-state index contributed by atoms with van der Waals surface area (Å²) < 4.78 is 12.3. The topological polar surface area (TPSA) is 85.7 Å². The van der Waals surface area contributed by atoms with Crippen molar-refractivity contribution in [3.63, 3.8) is 0 Å². The number of ether oxygens (including phenoxy) is 2. The lowest BCUT2D eigenvalue weighted by Crippen LogP contribution is -2.31. The Hall–Kier alpha value is -4.33. The summed E-state index contributed by atoms with van der Waals surface area (Å²) in [5, 5.41) is 2.88. The van der Waals surface area contributed by atoms with E-state index in [4.69, 9.17) is 14.5 Å². The molecule has 1 aromatic heterocycles. The highest BCUT2D eigenvalue weighted by atomic mass is 16.5. The van der Waals surface area contributed by atoms with Crippen molar-refractivity contribution < 1.29 is 19.1 Å². The molecule has 1 N–H and O–H groups in total. The van der Waals surface area contributed by atoms with Crippen LogP contribution in [-0.2, 0) is 16.1 Å². The van der Waals surface area contributed by atoms with Gasteiger partial charge in [-0.15, -0.1) is 0 Å².